The fourth-order valence-electron chi connectivity index (χ4n) is 1.83. The molecule has 2 aromatic rings. The minimum atomic E-state index is -0.297. The van der Waals surface area contributed by atoms with E-state index in [-0.39, 0.29) is 12.5 Å². The van der Waals surface area contributed by atoms with Gasteiger partial charge in [0.1, 0.15) is 11.5 Å². The molecule has 2 rings (SSSR count). The first-order valence-corrected chi connectivity index (χ1v) is 7.16. The van der Waals surface area contributed by atoms with Crippen molar-refractivity contribution < 1.29 is 14.3 Å². The topological polar surface area (TPSA) is 59.6 Å². The van der Waals surface area contributed by atoms with Gasteiger partial charge in [0.25, 0.3) is 5.91 Å². The number of rotatable bonds is 7. The van der Waals surface area contributed by atoms with Crippen molar-refractivity contribution in [2.24, 2.45) is 0 Å². The number of hydrogen-bond acceptors (Lipinski definition) is 4. The van der Waals surface area contributed by atoms with E-state index in [1.54, 1.807) is 31.4 Å². The highest BCUT2D eigenvalue weighted by atomic mass is 16.5. The van der Waals surface area contributed by atoms with Gasteiger partial charge in [0.05, 0.1) is 12.8 Å². The van der Waals surface area contributed by atoms with Gasteiger partial charge in [-0.2, -0.15) is 0 Å². The highest BCUT2D eigenvalue weighted by Crippen LogP contribution is 2.16. The van der Waals surface area contributed by atoms with Crippen LogP contribution < -0.4 is 20.3 Å². The van der Waals surface area contributed by atoms with Gasteiger partial charge in [-0.05, 0) is 36.8 Å². The van der Waals surface area contributed by atoms with Crippen molar-refractivity contribution in [1.82, 2.24) is 10.9 Å². The van der Waals surface area contributed by atoms with E-state index in [1.807, 2.05) is 31.2 Å². The third-order valence-electron chi connectivity index (χ3n) is 3.18. The van der Waals surface area contributed by atoms with Gasteiger partial charge in [-0.3, -0.25) is 15.6 Å². The molecule has 0 aliphatic rings. The number of amides is 1. The zero-order valence-electron chi connectivity index (χ0n) is 13.3. The Balaban J connectivity index is 1.76. The molecule has 0 aromatic heterocycles. The minimum absolute atomic E-state index is 0.0967. The molecular formula is C18H20N2O3. The van der Waals surface area contributed by atoms with Gasteiger partial charge in [-0.25, -0.2) is 0 Å². The van der Waals surface area contributed by atoms with Gasteiger partial charge < -0.3 is 9.47 Å². The van der Waals surface area contributed by atoms with Gasteiger partial charge in [-0.1, -0.05) is 36.4 Å². The molecule has 0 aliphatic heterocycles. The van der Waals surface area contributed by atoms with E-state index < -0.39 is 0 Å². The van der Waals surface area contributed by atoms with Crippen LogP contribution in [0, 0.1) is 6.92 Å². The van der Waals surface area contributed by atoms with Crippen molar-refractivity contribution in [2.45, 2.75) is 6.92 Å². The molecule has 0 unspecified atom stereocenters. The first kappa shape index (κ1) is 16.4. The molecule has 2 N–H and O–H groups in total. The number of hydrogen-bond donors (Lipinski definition) is 2. The van der Waals surface area contributed by atoms with Crippen LogP contribution in [0.5, 0.6) is 11.5 Å². The summed E-state index contributed by atoms with van der Waals surface area (Å²) < 4.78 is 10.4. The van der Waals surface area contributed by atoms with Crippen LogP contribution in [0.1, 0.15) is 11.1 Å². The number of carbonyl (C=O) groups excluding carboxylic acids is 1. The largest absolute Gasteiger partial charge is 0.497 e. The smallest absolute Gasteiger partial charge is 0.276 e. The van der Waals surface area contributed by atoms with Crippen molar-refractivity contribution in [3.63, 3.8) is 0 Å². The van der Waals surface area contributed by atoms with Gasteiger partial charge in [0.2, 0.25) is 0 Å². The molecule has 0 radical (unpaired) electrons. The van der Waals surface area contributed by atoms with Crippen LogP contribution in [-0.2, 0) is 4.79 Å². The average molecular weight is 312 g/mol. The van der Waals surface area contributed by atoms with Crippen molar-refractivity contribution >= 4 is 11.6 Å². The van der Waals surface area contributed by atoms with E-state index in [0.29, 0.717) is 11.4 Å². The summed E-state index contributed by atoms with van der Waals surface area (Å²) in [5, 5.41) is 0. The van der Waals surface area contributed by atoms with E-state index in [4.69, 9.17) is 9.47 Å². The van der Waals surface area contributed by atoms with Crippen LogP contribution in [-0.4, -0.2) is 19.6 Å². The van der Waals surface area contributed by atoms with Gasteiger partial charge in [-0.15, -0.1) is 0 Å². The van der Waals surface area contributed by atoms with Crippen LogP contribution >= 0.6 is 0 Å². The Morgan fingerprint density at radius 3 is 2.22 bits per heavy atom. The Bertz CT molecular complexity index is 664. The zero-order chi connectivity index (χ0) is 16.7. The maximum Gasteiger partial charge on any atom is 0.276 e. The Kier molecular flexibility index (Phi) is 5.63. The van der Waals surface area contributed by atoms with Crippen LogP contribution in [0.3, 0.4) is 0 Å². The maximum absolute atomic E-state index is 11.8. The van der Waals surface area contributed by atoms with Crippen molar-refractivity contribution in [2.75, 3.05) is 13.7 Å². The number of carbonyl (C=O) groups is 1. The summed E-state index contributed by atoms with van der Waals surface area (Å²) in [4.78, 5) is 11.8. The molecule has 0 atom stereocenters. The lowest BCUT2D eigenvalue weighted by molar-refractivity contribution is -0.123. The second kappa shape index (κ2) is 7.89. The SMILES string of the molecule is C=C(NNC(=O)COc1ccc(OC)cc1)c1ccc(C)cc1. The predicted octanol–water partition coefficient (Wildman–Crippen LogP) is 2.67. The summed E-state index contributed by atoms with van der Waals surface area (Å²) in [6.07, 6.45) is 0. The molecule has 0 heterocycles. The third kappa shape index (κ3) is 5.07. The summed E-state index contributed by atoms with van der Waals surface area (Å²) in [5.74, 6) is 1.03. The lowest BCUT2D eigenvalue weighted by Crippen LogP contribution is -2.38. The Hall–Kier alpha value is -2.95. The van der Waals surface area contributed by atoms with E-state index >= 15 is 0 Å². The van der Waals surface area contributed by atoms with Crippen molar-refractivity contribution in [3.8, 4) is 11.5 Å². The Labute approximate surface area is 135 Å². The Morgan fingerprint density at radius 1 is 1.00 bits per heavy atom. The molecule has 5 nitrogen and oxygen atoms in total. The first-order chi connectivity index (χ1) is 11.1. The number of benzene rings is 2. The second-order valence-corrected chi connectivity index (χ2v) is 4.98. The summed E-state index contributed by atoms with van der Waals surface area (Å²) in [6, 6.07) is 14.9. The lowest BCUT2D eigenvalue weighted by atomic mass is 10.1. The van der Waals surface area contributed by atoms with Gasteiger partial charge >= 0.3 is 0 Å². The molecule has 0 saturated carbocycles. The summed E-state index contributed by atoms with van der Waals surface area (Å²) >= 11 is 0. The van der Waals surface area contributed by atoms with Crippen LogP contribution in [0.2, 0.25) is 0 Å². The number of ether oxygens (including phenoxy) is 2. The normalized spacial score (nSPS) is 9.83. The molecule has 5 heteroatoms. The number of hydrazine groups is 1. The summed E-state index contributed by atoms with van der Waals surface area (Å²) in [6.45, 7) is 5.80. The molecule has 0 fully saturated rings. The summed E-state index contributed by atoms with van der Waals surface area (Å²) in [5.41, 5.74) is 8.02. The zero-order valence-corrected chi connectivity index (χ0v) is 13.3. The molecule has 0 spiro atoms. The number of methoxy groups -OCH3 is 1. The maximum atomic E-state index is 11.8. The van der Waals surface area contributed by atoms with E-state index in [2.05, 4.69) is 17.4 Å². The van der Waals surface area contributed by atoms with Gasteiger partial charge in [0.15, 0.2) is 6.61 Å². The lowest BCUT2D eigenvalue weighted by Gasteiger charge is -2.12. The van der Waals surface area contributed by atoms with Crippen LogP contribution in [0.15, 0.2) is 55.1 Å². The first-order valence-electron chi connectivity index (χ1n) is 7.16. The molecule has 120 valence electrons. The van der Waals surface area contributed by atoms with E-state index in [0.717, 1.165) is 11.3 Å². The molecule has 1 amide bonds. The van der Waals surface area contributed by atoms with E-state index in [9.17, 15) is 4.79 Å². The molecule has 2 aromatic carbocycles. The van der Waals surface area contributed by atoms with Crippen LogP contribution in [0.25, 0.3) is 5.70 Å². The van der Waals surface area contributed by atoms with Gasteiger partial charge in [0, 0.05) is 0 Å². The van der Waals surface area contributed by atoms with E-state index in [1.165, 1.54) is 5.56 Å². The fourth-order valence-corrected chi connectivity index (χ4v) is 1.83. The average Bonchev–Trinajstić information content (AvgIpc) is 2.59. The Morgan fingerprint density at radius 2 is 1.61 bits per heavy atom. The van der Waals surface area contributed by atoms with Crippen molar-refractivity contribution in [1.29, 1.82) is 0 Å². The third-order valence-corrected chi connectivity index (χ3v) is 3.18. The standard InChI is InChI=1S/C18H20N2O3/c1-13-4-6-15(7-5-13)14(2)19-20-18(21)12-23-17-10-8-16(22-3)9-11-17/h4-11,19H,2,12H2,1,3H3,(H,20,21). The molecule has 0 saturated heterocycles. The predicted molar refractivity (Wildman–Crippen MR) is 90.0 cm³/mol. The molecular weight excluding hydrogens is 292 g/mol. The molecule has 0 aliphatic carbocycles. The minimum Gasteiger partial charge on any atom is -0.497 e. The summed E-state index contributed by atoms with van der Waals surface area (Å²) in [7, 11) is 1.59. The number of nitrogens with one attached hydrogen (secondary N) is 2. The number of aryl methyl sites for hydroxylation is 1. The van der Waals surface area contributed by atoms with Crippen LogP contribution in [0.4, 0.5) is 0 Å². The molecule has 23 heavy (non-hydrogen) atoms. The fraction of sp³-hybridized carbons (Fsp3) is 0.167. The monoisotopic (exact) mass is 312 g/mol. The highest BCUT2D eigenvalue weighted by Gasteiger charge is 2.04. The van der Waals surface area contributed by atoms with Crippen molar-refractivity contribution in [3.05, 3.63) is 66.2 Å². The highest BCUT2D eigenvalue weighted by molar-refractivity contribution is 5.78. The quantitative estimate of drug-likeness (QED) is 0.772. The molecule has 0 bridgehead atoms. The second-order valence-electron chi connectivity index (χ2n) is 4.98.